The summed E-state index contributed by atoms with van der Waals surface area (Å²) >= 11 is 0. The van der Waals surface area contributed by atoms with E-state index < -0.39 is 29.7 Å². The van der Waals surface area contributed by atoms with Gasteiger partial charge in [-0.3, -0.25) is 14.4 Å². The van der Waals surface area contributed by atoms with Crippen LogP contribution in [0.25, 0.3) is 0 Å². The number of likely N-dealkylation sites (tertiary alicyclic amines) is 1. The zero-order valence-corrected chi connectivity index (χ0v) is 20.5. The van der Waals surface area contributed by atoms with E-state index in [0.29, 0.717) is 25.3 Å². The summed E-state index contributed by atoms with van der Waals surface area (Å²) in [4.78, 5) is 50.2. The van der Waals surface area contributed by atoms with E-state index in [0.717, 1.165) is 51.4 Å². The number of carboxylic acid groups (broad SMARTS) is 1. The first-order valence-electron chi connectivity index (χ1n) is 12.3. The first-order chi connectivity index (χ1) is 15.5. The molecule has 9 heteroatoms. The van der Waals surface area contributed by atoms with Gasteiger partial charge in [0, 0.05) is 13.6 Å². The van der Waals surface area contributed by atoms with Crippen LogP contribution in [0.2, 0.25) is 0 Å². The summed E-state index contributed by atoms with van der Waals surface area (Å²) in [5, 5.41) is 14.3. The third-order valence-electron chi connectivity index (χ3n) is 6.38. The lowest BCUT2D eigenvalue weighted by atomic mass is 10.0. The number of carbonyl (C=O) groups excluding carboxylic acids is 3. The van der Waals surface area contributed by atoms with Gasteiger partial charge in [0.05, 0.1) is 5.92 Å². The van der Waals surface area contributed by atoms with Gasteiger partial charge in [-0.05, 0) is 58.8 Å². The van der Waals surface area contributed by atoms with E-state index in [-0.39, 0.29) is 17.7 Å². The molecule has 2 aliphatic rings. The summed E-state index contributed by atoms with van der Waals surface area (Å²) in [6, 6.07) is -1.23. The van der Waals surface area contributed by atoms with Crippen molar-refractivity contribution in [1.29, 1.82) is 0 Å². The number of unbranched alkanes of at least 4 members (excludes halogenated alkanes) is 4. The van der Waals surface area contributed by atoms with Gasteiger partial charge in [-0.15, -0.1) is 0 Å². The fourth-order valence-electron chi connectivity index (χ4n) is 4.53. The molecule has 0 aromatic rings. The number of carboxylic acids is 1. The van der Waals surface area contributed by atoms with Crippen LogP contribution in [0.15, 0.2) is 0 Å². The van der Waals surface area contributed by atoms with Gasteiger partial charge in [0.15, 0.2) is 0 Å². The number of nitrogens with zero attached hydrogens (tertiary/aromatic N) is 1. The second kappa shape index (κ2) is 12.2. The number of aliphatic carboxylic acids is 1. The number of ether oxygens (including phenoxy) is 1. The number of alkyl carbamates (subject to hydrolysis) is 1. The van der Waals surface area contributed by atoms with E-state index in [1.807, 2.05) is 0 Å². The van der Waals surface area contributed by atoms with Crippen LogP contribution in [0.1, 0.15) is 85.0 Å². The molecule has 1 saturated carbocycles. The molecule has 0 unspecified atom stereocenters. The number of nitrogens with one attached hydrogen (secondary N) is 2. The van der Waals surface area contributed by atoms with Gasteiger partial charge in [-0.1, -0.05) is 32.1 Å². The smallest absolute Gasteiger partial charge is 0.408 e. The Kier molecular flexibility index (Phi) is 9.98. The van der Waals surface area contributed by atoms with Crippen molar-refractivity contribution in [3.8, 4) is 0 Å². The average Bonchev–Trinajstić information content (AvgIpc) is 3.35. The van der Waals surface area contributed by atoms with Gasteiger partial charge in [0.25, 0.3) is 0 Å². The number of hydrogen-bond acceptors (Lipinski definition) is 5. The van der Waals surface area contributed by atoms with Gasteiger partial charge in [0.2, 0.25) is 11.8 Å². The fourth-order valence-corrected chi connectivity index (χ4v) is 4.53. The van der Waals surface area contributed by atoms with Crippen LogP contribution in [0.5, 0.6) is 0 Å². The van der Waals surface area contributed by atoms with Crippen molar-refractivity contribution in [3.63, 3.8) is 0 Å². The zero-order chi connectivity index (χ0) is 24.6. The SMILES string of the molecule is CNC(=O)[C@@H]1CCCN1C(=O)[C@H](CCCCCCC[C@@H]1C[C@@H]1C(=O)O)NC(=O)OC(C)(C)C. The van der Waals surface area contributed by atoms with E-state index in [1.165, 1.54) is 0 Å². The Hall–Kier alpha value is -2.32. The maximum absolute atomic E-state index is 13.2. The summed E-state index contributed by atoms with van der Waals surface area (Å²) < 4.78 is 5.35. The molecule has 3 N–H and O–H groups in total. The Balaban J connectivity index is 1.82. The minimum Gasteiger partial charge on any atom is -0.481 e. The summed E-state index contributed by atoms with van der Waals surface area (Å²) in [5.74, 6) is -0.890. The lowest BCUT2D eigenvalue weighted by Gasteiger charge is -2.29. The highest BCUT2D eigenvalue weighted by Crippen LogP contribution is 2.42. The minimum absolute atomic E-state index is 0.139. The van der Waals surface area contributed by atoms with Crippen LogP contribution in [0.3, 0.4) is 0 Å². The van der Waals surface area contributed by atoms with Gasteiger partial charge >= 0.3 is 12.1 Å². The monoisotopic (exact) mass is 467 g/mol. The van der Waals surface area contributed by atoms with Crippen molar-refractivity contribution in [1.82, 2.24) is 15.5 Å². The van der Waals surface area contributed by atoms with Crippen LogP contribution in [0, 0.1) is 11.8 Å². The van der Waals surface area contributed by atoms with E-state index in [1.54, 1.807) is 32.7 Å². The predicted molar refractivity (Wildman–Crippen MR) is 124 cm³/mol. The molecule has 9 nitrogen and oxygen atoms in total. The largest absolute Gasteiger partial charge is 0.481 e. The molecule has 3 amide bonds. The third kappa shape index (κ3) is 8.85. The van der Waals surface area contributed by atoms with Gasteiger partial charge in [-0.25, -0.2) is 4.79 Å². The molecule has 0 aromatic heterocycles. The summed E-state index contributed by atoms with van der Waals surface area (Å²) in [7, 11) is 1.56. The highest BCUT2D eigenvalue weighted by molar-refractivity contribution is 5.91. The Morgan fingerprint density at radius 1 is 1.09 bits per heavy atom. The molecule has 1 saturated heterocycles. The predicted octanol–water partition coefficient (Wildman–Crippen LogP) is 3.07. The quantitative estimate of drug-likeness (QED) is 0.379. The molecule has 1 heterocycles. The van der Waals surface area contributed by atoms with Crippen molar-refractivity contribution in [2.45, 2.75) is 103 Å². The van der Waals surface area contributed by atoms with Crippen LogP contribution >= 0.6 is 0 Å². The highest BCUT2D eigenvalue weighted by Gasteiger charge is 2.42. The van der Waals surface area contributed by atoms with Crippen LogP contribution in [-0.4, -0.2) is 65.2 Å². The van der Waals surface area contributed by atoms with Crippen molar-refractivity contribution in [2.24, 2.45) is 11.8 Å². The molecule has 0 bridgehead atoms. The molecule has 4 atom stereocenters. The zero-order valence-electron chi connectivity index (χ0n) is 20.5. The van der Waals surface area contributed by atoms with Crippen molar-refractivity contribution in [3.05, 3.63) is 0 Å². The Bertz CT molecular complexity index is 705. The number of rotatable bonds is 12. The molecule has 1 aliphatic heterocycles. The number of amides is 3. The van der Waals surface area contributed by atoms with E-state index in [9.17, 15) is 19.2 Å². The van der Waals surface area contributed by atoms with E-state index in [4.69, 9.17) is 9.84 Å². The highest BCUT2D eigenvalue weighted by atomic mass is 16.6. The average molecular weight is 468 g/mol. The van der Waals surface area contributed by atoms with Gasteiger partial charge < -0.3 is 25.4 Å². The van der Waals surface area contributed by atoms with Crippen molar-refractivity contribution >= 4 is 23.9 Å². The maximum Gasteiger partial charge on any atom is 0.408 e. The van der Waals surface area contributed by atoms with Crippen molar-refractivity contribution < 1.29 is 29.0 Å². The molecule has 1 aliphatic carbocycles. The summed E-state index contributed by atoms with van der Waals surface area (Å²) in [5.41, 5.74) is -0.669. The van der Waals surface area contributed by atoms with Crippen LogP contribution in [0.4, 0.5) is 4.79 Å². The first-order valence-corrected chi connectivity index (χ1v) is 12.3. The van der Waals surface area contributed by atoms with Crippen LogP contribution in [-0.2, 0) is 19.1 Å². The van der Waals surface area contributed by atoms with Gasteiger partial charge in [0.1, 0.15) is 17.7 Å². The lowest BCUT2D eigenvalue weighted by molar-refractivity contribution is -0.140. The Morgan fingerprint density at radius 3 is 2.36 bits per heavy atom. The minimum atomic E-state index is -0.729. The first kappa shape index (κ1) is 26.9. The second-order valence-corrected chi connectivity index (χ2v) is 10.3. The molecule has 188 valence electrons. The summed E-state index contributed by atoms with van der Waals surface area (Å²) in [6.07, 6.45) is 7.76. The molecular weight excluding hydrogens is 426 g/mol. The van der Waals surface area contributed by atoms with E-state index >= 15 is 0 Å². The van der Waals surface area contributed by atoms with Gasteiger partial charge in [-0.2, -0.15) is 0 Å². The fraction of sp³-hybridized carbons (Fsp3) is 0.833. The number of hydrogen-bond donors (Lipinski definition) is 3. The molecular formula is C24H41N3O6. The third-order valence-corrected chi connectivity index (χ3v) is 6.38. The van der Waals surface area contributed by atoms with E-state index in [2.05, 4.69) is 10.6 Å². The Labute approximate surface area is 197 Å². The molecule has 0 aromatic carbocycles. The van der Waals surface area contributed by atoms with Crippen LogP contribution < -0.4 is 10.6 Å². The summed E-state index contributed by atoms with van der Waals surface area (Å²) in [6.45, 7) is 5.81. The molecule has 2 fully saturated rings. The molecule has 0 spiro atoms. The molecule has 0 radical (unpaired) electrons. The van der Waals surface area contributed by atoms with Crippen molar-refractivity contribution in [2.75, 3.05) is 13.6 Å². The topological polar surface area (TPSA) is 125 Å². The maximum atomic E-state index is 13.2. The number of carbonyl (C=O) groups is 4. The Morgan fingerprint density at radius 2 is 1.76 bits per heavy atom. The number of likely N-dealkylation sites (N-methyl/N-ethyl adjacent to an activating group) is 1. The lowest BCUT2D eigenvalue weighted by Crippen LogP contribution is -2.53. The normalized spacial score (nSPS) is 23.0. The molecule has 2 rings (SSSR count). The standard InChI is InChI=1S/C24H41N3O6/c1-24(2,3)33-23(32)26-18(21(29)27-14-10-13-19(27)20(28)25-4)12-9-7-5-6-8-11-16-15-17(16)22(30)31/h16-19H,5-15H2,1-4H3,(H,25,28)(H,26,32)(H,30,31)/t16-,17+,18+,19+/m1/s1. The second-order valence-electron chi connectivity index (χ2n) is 10.3. The molecule has 33 heavy (non-hydrogen) atoms.